The minimum absolute atomic E-state index is 0.248. The number of rotatable bonds is 4. The fourth-order valence-corrected chi connectivity index (χ4v) is 1.37. The Morgan fingerprint density at radius 3 is 2.69 bits per heavy atom. The van der Waals surface area contributed by atoms with Crippen LogP contribution in [0.3, 0.4) is 0 Å². The van der Waals surface area contributed by atoms with Crippen molar-refractivity contribution in [1.29, 1.82) is 0 Å². The average molecular weight is 180 g/mol. The summed E-state index contributed by atoms with van der Waals surface area (Å²) < 4.78 is 0. The molecule has 0 aliphatic rings. The molecule has 1 aromatic rings. The predicted molar refractivity (Wildman–Crippen MR) is 52.9 cm³/mol. The second kappa shape index (κ2) is 4.87. The minimum Gasteiger partial charge on any atom is -0.508 e. The van der Waals surface area contributed by atoms with Gasteiger partial charge in [-0.15, -0.1) is 0 Å². The van der Waals surface area contributed by atoms with Crippen LogP contribution in [0.25, 0.3) is 0 Å². The van der Waals surface area contributed by atoms with Crippen molar-refractivity contribution in [3.8, 4) is 5.75 Å². The molecule has 1 aromatic carbocycles. The monoisotopic (exact) mass is 180 g/mol. The zero-order valence-corrected chi connectivity index (χ0v) is 7.95. The van der Waals surface area contributed by atoms with E-state index >= 15 is 0 Å². The largest absolute Gasteiger partial charge is 0.508 e. The Morgan fingerprint density at radius 1 is 1.23 bits per heavy atom. The first-order valence-corrected chi connectivity index (χ1v) is 4.64. The molecule has 2 nitrogen and oxygen atoms in total. The van der Waals surface area contributed by atoms with Gasteiger partial charge >= 0.3 is 0 Å². The van der Waals surface area contributed by atoms with Gasteiger partial charge < -0.3 is 10.2 Å². The van der Waals surface area contributed by atoms with Crippen LogP contribution in [0.1, 0.15) is 24.0 Å². The maximum atomic E-state index is 9.41. The highest BCUT2D eigenvalue weighted by molar-refractivity contribution is 5.37. The molecule has 0 amide bonds. The van der Waals surface area contributed by atoms with Crippen LogP contribution in [0.15, 0.2) is 18.2 Å². The van der Waals surface area contributed by atoms with E-state index in [4.69, 9.17) is 5.11 Å². The lowest BCUT2D eigenvalue weighted by molar-refractivity contribution is 0.284. The summed E-state index contributed by atoms with van der Waals surface area (Å²) in [6.07, 6.45) is 2.73. The average Bonchev–Trinajstić information content (AvgIpc) is 2.13. The SMILES string of the molecule is Cc1c(O)cccc1CCCCO. The van der Waals surface area contributed by atoms with E-state index in [0.717, 1.165) is 24.8 Å². The summed E-state index contributed by atoms with van der Waals surface area (Å²) >= 11 is 0. The molecule has 0 fully saturated rings. The summed E-state index contributed by atoms with van der Waals surface area (Å²) in [4.78, 5) is 0. The first-order chi connectivity index (χ1) is 6.25. The van der Waals surface area contributed by atoms with Crippen LogP contribution in [-0.4, -0.2) is 16.8 Å². The summed E-state index contributed by atoms with van der Waals surface area (Å²) in [7, 11) is 0. The number of aliphatic hydroxyl groups excluding tert-OH is 1. The molecule has 72 valence electrons. The van der Waals surface area contributed by atoms with Crippen molar-refractivity contribution in [3.63, 3.8) is 0 Å². The van der Waals surface area contributed by atoms with E-state index in [1.807, 2.05) is 19.1 Å². The minimum atomic E-state index is 0.248. The standard InChI is InChI=1S/C11H16O2/c1-9-10(5-2-3-8-12)6-4-7-11(9)13/h4,6-7,12-13H,2-3,5,8H2,1H3. The highest BCUT2D eigenvalue weighted by atomic mass is 16.3. The third-order valence-electron chi connectivity index (χ3n) is 2.27. The number of hydrogen-bond acceptors (Lipinski definition) is 2. The maximum absolute atomic E-state index is 9.41. The highest BCUT2D eigenvalue weighted by Crippen LogP contribution is 2.20. The zero-order chi connectivity index (χ0) is 9.68. The molecular formula is C11H16O2. The molecule has 0 aromatic heterocycles. The Bertz CT molecular complexity index is 269. The predicted octanol–water partition coefficient (Wildman–Crippen LogP) is 2.02. The van der Waals surface area contributed by atoms with E-state index in [9.17, 15) is 5.11 Å². The normalized spacial score (nSPS) is 10.3. The third-order valence-corrected chi connectivity index (χ3v) is 2.27. The Kier molecular flexibility index (Phi) is 3.77. The van der Waals surface area contributed by atoms with Crippen molar-refractivity contribution < 1.29 is 10.2 Å². The third kappa shape index (κ3) is 2.74. The van der Waals surface area contributed by atoms with Crippen molar-refractivity contribution >= 4 is 0 Å². The van der Waals surface area contributed by atoms with Crippen LogP contribution in [-0.2, 0) is 6.42 Å². The molecule has 0 atom stereocenters. The Hall–Kier alpha value is -1.02. The molecule has 0 bridgehead atoms. The smallest absolute Gasteiger partial charge is 0.118 e. The molecule has 0 unspecified atom stereocenters. The number of aliphatic hydroxyl groups is 1. The fourth-order valence-electron chi connectivity index (χ4n) is 1.37. The number of hydrogen-bond donors (Lipinski definition) is 2. The molecule has 13 heavy (non-hydrogen) atoms. The fraction of sp³-hybridized carbons (Fsp3) is 0.455. The van der Waals surface area contributed by atoms with E-state index in [2.05, 4.69) is 0 Å². The summed E-state index contributed by atoms with van der Waals surface area (Å²) in [5.74, 6) is 0.362. The van der Waals surface area contributed by atoms with Gasteiger partial charge in [0.1, 0.15) is 5.75 Å². The summed E-state index contributed by atoms with van der Waals surface area (Å²) in [6.45, 7) is 2.17. The van der Waals surface area contributed by atoms with E-state index in [1.165, 1.54) is 5.56 Å². The molecule has 0 aliphatic heterocycles. The lowest BCUT2D eigenvalue weighted by Crippen LogP contribution is -1.91. The lowest BCUT2D eigenvalue weighted by atomic mass is 10.0. The molecule has 0 radical (unpaired) electrons. The van der Waals surface area contributed by atoms with Crippen molar-refractivity contribution in [2.75, 3.05) is 6.61 Å². The lowest BCUT2D eigenvalue weighted by Gasteiger charge is -2.06. The van der Waals surface area contributed by atoms with Gasteiger partial charge in [0.2, 0.25) is 0 Å². The van der Waals surface area contributed by atoms with Crippen molar-refractivity contribution in [2.45, 2.75) is 26.2 Å². The highest BCUT2D eigenvalue weighted by Gasteiger charge is 2.01. The molecule has 0 heterocycles. The maximum Gasteiger partial charge on any atom is 0.118 e. The number of phenolic OH excluding ortho intramolecular Hbond substituents is 1. The van der Waals surface area contributed by atoms with E-state index in [0.29, 0.717) is 5.75 Å². The summed E-state index contributed by atoms with van der Waals surface area (Å²) in [5, 5.41) is 18.0. The summed E-state index contributed by atoms with van der Waals surface area (Å²) in [5.41, 5.74) is 2.13. The van der Waals surface area contributed by atoms with Crippen LogP contribution in [0, 0.1) is 6.92 Å². The summed E-state index contributed by atoms with van der Waals surface area (Å²) in [6, 6.07) is 5.58. The van der Waals surface area contributed by atoms with Gasteiger partial charge in [-0.05, 0) is 43.4 Å². The van der Waals surface area contributed by atoms with Crippen LogP contribution in [0.5, 0.6) is 5.75 Å². The number of aromatic hydroxyl groups is 1. The molecule has 0 spiro atoms. The van der Waals surface area contributed by atoms with E-state index in [1.54, 1.807) is 6.07 Å². The van der Waals surface area contributed by atoms with Crippen molar-refractivity contribution in [2.24, 2.45) is 0 Å². The van der Waals surface area contributed by atoms with Crippen LogP contribution >= 0.6 is 0 Å². The molecular weight excluding hydrogens is 164 g/mol. The quantitative estimate of drug-likeness (QED) is 0.696. The van der Waals surface area contributed by atoms with Gasteiger partial charge in [-0.25, -0.2) is 0 Å². The number of aryl methyl sites for hydroxylation is 1. The number of phenols is 1. The second-order valence-electron chi connectivity index (χ2n) is 3.24. The number of unbranched alkanes of at least 4 members (excludes halogenated alkanes) is 1. The van der Waals surface area contributed by atoms with Gasteiger partial charge in [-0.1, -0.05) is 12.1 Å². The Labute approximate surface area is 78.8 Å². The molecule has 0 saturated carbocycles. The zero-order valence-electron chi connectivity index (χ0n) is 7.95. The van der Waals surface area contributed by atoms with E-state index < -0.39 is 0 Å². The Morgan fingerprint density at radius 2 is 2.00 bits per heavy atom. The van der Waals surface area contributed by atoms with Gasteiger partial charge in [0.05, 0.1) is 0 Å². The van der Waals surface area contributed by atoms with Gasteiger partial charge in [-0.2, -0.15) is 0 Å². The number of benzene rings is 1. The van der Waals surface area contributed by atoms with Gasteiger partial charge in [-0.3, -0.25) is 0 Å². The van der Waals surface area contributed by atoms with Crippen LogP contribution in [0.4, 0.5) is 0 Å². The van der Waals surface area contributed by atoms with Crippen LogP contribution < -0.4 is 0 Å². The van der Waals surface area contributed by atoms with Gasteiger partial charge in [0.15, 0.2) is 0 Å². The molecule has 2 N–H and O–H groups in total. The molecule has 1 rings (SSSR count). The first-order valence-electron chi connectivity index (χ1n) is 4.64. The van der Waals surface area contributed by atoms with E-state index in [-0.39, 0.29) is 6.61 Å². The van der Waals surface area contributed by atoms with Crippen molar-refractivity contribution in [1.82, 2.24) is 0 Å². The topological polar surface area (TPSA) is 40.5 Å². The first kappa shape index (κ1) is 10.1. The van der Waals surface area contributed by atoms with Crippen molar-refractivity contribution in [3.05, 3.63) is 29.3 Å². The molecule has 2 heteroatoms. The molecule has 0 saturated heterocycles. The van der Waals surface area contributed by atoms with Crippen LogP contribution in [0.2, 0.25) is 0 Å². The van der Waals surface area contributed by atoms with Gasteiger partial charge in [0.25, 0.3) is 0 Å². The Balaban J connectivity index is 2.61. The van der Waals surface area contributed by atoms with Gasteiger partial charge in [0, 0.05) is 6.61 Å². The molecule has 0 aliphatic carbocycles. The second-order valence-corrected chi connectivity index (χ2v) is 3.24.